The summed E-state index contributed by atoms with van der Waals surface area (Å²) in [6.07, 6.45) is 0.527. The number of carbonyl (C=O) groups excluding carboxylic acids is 1. The highest BCUT2D eigenvalue weighted by molar-refractivity contribution is 5.86. The molecule has 5 rings (SSSR count). The maximum absolute atomic E-state index is 13.3. The molecule has 5 aliphatic rings. The molecule has 2 N–H and O–H groups in total. The molecule has 3 unspecified atom stereocenters. The predicted molar refractivity (Wildman–Crippen MR) is 90.3 cm³/mol. The van der Waals surface area contributed by atoms with Gasteiger partial charge in [0.05, 0.1) is 11.1 Å². The van der Waals surface area contributed by atoms with Crippen molar-refractivity contribution in [2.75, 3.05) is 6.54 Å². The molecule has 0 aromatic heterocycles. The number of amides is 1. The first kappa shape index (κ1) is 18.5. The number of nitrogens with one attached hydrogen (secondary N) is 1. The topological polar surface area (TPSA) is 52.6 Å². The van der Waals surface area contributed by atoms with Crippen LogP contribution in [0.5, 0.6) is 0 Å². The third-order valence-electron chi connectivity index (χ3n) is 7.44. The van der Waals surface area contributed by atoms with Gasteiger partial charge in [-0.25, -0.2) is 0 Å². The lowest BCUT2D eigenvalue weighted by Crippen LogP contribution is -2.66. The van der Waals surface area contributed by atoms with E-state index in [2.05, 4.69) is 5.32 Å². The van der Waals surface area contributed by atoms with E-state index in [1.165, 1.54) is 4.90 Å². The summed E-state index contributed by atoms with van der Waals surface area (Å²) in [7, 11) is 0. The van der Waals surface area contributed by atoms with E-state index in [1.54, 1.807) is 13.8 Å². The largest absolute Gasteiger partial charge is 0.404 e. The van der Waals surface area contributed by atoms with Gasteiger partial charge in [0.15, 0.2) is 0 Å². The van der Waals surface area contributed by atoms with Gasteiger partial charge >= 0.3 is 6.18 Å². The van der Waals surface area contributed by atoms with E-state index in [9.17, 15) is 23.1 Å². The monoisotopic (exact) mass is 374 g/mol. The number of alkyl halides is 3. The average Bonchev–Trinajstić information content (AvgIpc) is 2.99. The van der Waals surface area contributed by atoms with Crippen LogP contribution in [0.15, 0.2) is 0 Å². The number of carbonyl (C=O) groups is 1. The zero-order valence-electron chi connectivity index (χ0n) is 15.5. The van der Waals surface area contributed by atoms with Crippen LogP contribution >= 0.6 is 0 Å². The predicted octanol–water partition coefficient (Wildman–Crippen LogP) is 2.85. The molecule has 7 heteroatoms. The Morgan fingerprint density at radius 2 is 1.77 bits per heavy atom. The zero-order valence-corrected chi connectivity index (χ0v) is 15.5. The Morgan fingerprint density at radius 1 is 1.15 bits per heavy atom. The van der Waals surface area contributed by atoms with Crippen LogP contribution in [-0.4, -0.2) is 51.9 Å². The number of hydrogen-bond acceptors (Lipinski definition) is 3. The molecule has 0 aromatic rings. The quantitative estimate of drug-likeness (QED) is 0.799. The highest BCUT2D eigenvalue weighted by Crippen LogP contribution is 2.55. The van der Waals surface area contributed by atoms with Crippen molar-refractivity contribution in [3.8, 4) is 0 Å². The molecule has 148 valence electrons. The third-order valence-corrected chi connectivity index (χ3v) is 7.44. The summed E-state index contributed by atoms with van der Waals surface area (Å²) < 4.78 is 40.0. The first-order valence-electron chi connectivity index (χ1n) is 9.86. The first-order chi connectivity index (χ1) is 12.0. The van der Waals surface area contributed by atoms with Crippen molar-refractivity contribution < 1.29 is 23.1 Å². The second kappa shape index (κ2) is 5.84. The number of rotatable bonds is 3. The third kappa shape index (κ3) is 2.95. The molecule has 1 heterocycles. The van der Waals surface area contributed by atoms with E-state index < -0.39 is 23.4 Å². The van der Waals surface area contributed by atoms with Crippen LogP contribution in [0.3, 0.4) is 0 Å². The van der Waals surface area contributed by atoms with Gasteiger partial charge in [0, 0.05) is 6.04 Å². The Labute approximate surface area is 152 Å². The molecule has 26 heavy (non-hydrogen) atoms. The Kier molecular flexibility index (Phi) is 4.16. The maximum Gasteiger partial charge on any atom is 0.404 e. The average molecular weight is 374 g/mol. The van der Waals surface area contributed by atoms with Gasteiger partial charge in [-0.05, 0) is 83.1 Å². The summed E-state index contributed by atoms with van der Waals surface area (Å²) in [4.78, 5) is 14.3. The zero-order chi connectivity index (χ0) is 18.9. The lowest BCUT2D eigenvalue weighted by Gasteiger charge is -2.58. The van der Waals surface area contributed by atoms with Crippen molar-refractivity contribution >= 4 is 5.91 Å². The summed E-state index contributed by atoms with van der Waals surface area (Å²) in [6, 6.07) is -1.55. The van der Waals surface area contributed by atoms with Gasteiger partial charge in [-0.2, -0.15) is 13.2 Å². The Morgan fingerprint density at radius 3 is 2.31 bits per heavy atom. The van der Waals surface area contributed by atoms with Gasteiger partial charge in [0.25, 0.3) is 0 Å². The van der Waals surface area contributed by atoms with Crippen LogP contribution < -0.4 is 5.32 Å². The van der Waals surface area contributed by atoms with Crippen LogP contribution in [0.2, 0.25) is 0 Å². The second-order valence-electron chi connectivity index (χ2n) is 9.65. The second-order valence-corrected chi connectivity index (χ2v) is 9.65. The Bertz CT molecular complexity index is 576. The molecule has 1 aliphatic heterocycles. The van der Waals surface area contributed by atoms with Gasteiger partial charge in [-0.3, -0.25) is 9.69 Å². The van der Waals surface area contributed by atoms with Crippen LogP contribution in [0.25, 0.3) is 0 Å². The van der Waals surface area contributed by atoms with Crippen molar-refractivity contribution in [3.05, 3.63) is 0 Å². The molecule has 0 aromatic carbocycles. The van der Waals surface area contributed by atoms with Crippen LogP contribution in [0.4, 0.5) is 13.2 Å². The number of likely N-dealkylation sites (tertiary alicyclic amines) is 1. The van der Waals surface area contributed by atoms with Crippen molar-refractivity contribution in [2.24, 2.45) is 17.8 Å². The summed E-state index contributed by atoms with van der Waals surface area (Å²) >= 11 is 0. The van der Waals surface area contributed by atoms with Crippen molar-refractivity contribution in [1.82, 2.24) is 10.2 Å². The fraction of sp³-hybridized carbons (Fsp3) is 0.947. The lowest BCUT2D eigenvalue weighted by atomic mass is 9.52. The molecule has 0 radical (unpaired) electrons. The fourth-order valence-electron chi connectivity index (χ4n) is 6.45. The van der Waals surface area contributed by atoms with Gasteiger partial charge in [-0.1, -0.05) is 0 Å². The number of aliphatic hydroxyl groups is 1. The lowest BCUT2D eigenvalue weighted by molar-refractivity contribution is -0.190. The van der Waals surface area contributed by atoms with Gasteiger partial charge in [0.2, 0.25) is 5.91 Å². The molecule has 3 atom stereocenters. The minimum Gasteiger partial charge on any atom is -0.390 e. The molecular formula is C19H29F3N2O2. The standard InChI is InChI=1S/C19H29F3N2O2/c1-17(2,24-5-3-4-14(24)19(20,21)22)16(25)23-15-12-6-11-7-13(15)10-18(26,8-11)9-12/h11-15,26H,3-10H2,1-2H3,(H,23,25). The SMILES string of the molecule is CC(C)(C(=O)NC1C2CC3CC1CC(O)(C3)C2)N1CCCC1C(F)(F)F. The van der Waals surface area contributed by atoms with E-state index in [1.807, 2.05) is 0 Å². The maximum atomic E-state index is 13.3. The fourth-order valence-corrected chi connectivity index (χ4v) is 6.45. The number of nitrogens with zero attached hydrogens (tertiary/aromatic N) is 1. The van der Waals surface area contributed by atoms with Gasteiger partial charge in [-0.15, -0.1) is 0 Å². The molecule has 5 fully saturated rings. The van der Waals surface area contributed by atoms with Crippen LogP contribution in [0, 0.1) is 17.8 Å². The summed E-state index contributed by atoms with van der Waals surface area (Å²) in [5.41, 5.74) is -1.77. The number of halogens is 3. The molecule has 4 aliphatic carbocycles. The highest BCUT2D eigenvalue weighted by Gasteiger charge is 2.57. The molecule has 4 nitrogen and oxygen atoms in total. The van der Waals surface area contributed by atoms with Crippen molar-refractivity contribution in [1.29, 1.82) is 0 Å². The van der Waals surface area contributed by atoms with Gasteiger partial charge in [0.1, 0.15) is 6.04 Å². The van der Waals surface area contributed by atoms with E-state index in [0.29, 0.717) is 31.7 Å². The smallest absolute Gasteiger partial charge is 0.390 e. The van der Waals surface area contributed by atoms with Crippen molar-refractivity contribution in [3.63, 3.8) is 0 Å². The van der Waals surface area contributed by atoms with E-state index >= 15 is 0 Å². The molecular weight excluding hydrogens is 345 g/mol. The molecule has 1 saturated heterocycles. The Balaban J connectivity index is 1.48. The summed E-state index contributed by atoms with van der Waals surface area (Å²) in [6.45, 7) is 3.51. The first-order valence-corrected chi connectivity index (χ1v) is 9.86. The highest BCUT2D eigenvalue weighted by atomic mass is 19.4. The minimum absolute atomic E-state index is 0.00876. The van der Waals surface area contributed by atoms with E-state index in [4.69, 9.17) is 0 Å². The van der Waals surface area contributed by atoms with E-state index in [-0.39, 0.29) is 30.2 Å². The minimum atomic E-state index is -4.31. The normalized spacial score (nSPS) is 43.1. The molecule has 0 spiro atoms. The van der Waals surface area contributed by atoms with Crippen LogP contribution in [-0.2, 0) is 4.79 Å². The molecule has 1 amide bonds. The number of hydrogen-bond donors (Lipinski definition) is 2. The molecule has 4 saturated carbocycles. The van der Waals surface area contributed by atoms with Gasteiger partial charge < -0.3 is 10.4 Å². The van der Waals surface area contributed by atoms with E-state index in [0.717, 1.165) is 19.3 Å². The Hall–Kier alpha value is -0.820. The van der Waals surface area contributed by atoms with Crippen molar-refractivity contribution in [2.45, 2.75) is 88.2 Å². The summed E-state index contributed by atoms with van der Waals surface area (Å²) in [5, 5.41) is 13.8. The summed E-state index contributed by atoms with van der Waals surface area (Å²) in [5.74, 6) is 0.732. The molecule has 4 bridgehead atoms. The van der Waals surface area contributed by atoms with Crippen LogP contribution in [0.1, 0.15) is 58.8 Å².